The largest absolute Gasteiger partial charge is 0.489 e. The maximum atomic E-state index is 5.71. The first-order chi connectivity index (χ1) is 7.74. The van der Waals surface area contributed by atoms with Crippen molar-refractivity contribution in [1.82, 2.24) is 0 Å². The molecule has 0 aliphatic heterocycles. The molecule has 0 saturated carbocycles. The fourth-order valence-corrected chi connectivity index (χ4v) is 1.13. The van der Waals surface area contributed by atoms with Crippen molar-refractivity contribution in [3.8, 4) is 5.75 Å². The van der Waals surface area contributed by atoms with Crippen LogP contribution in [0.3, 0.4) is 0 Å². The molecule has 0 amide bonds. The molecule has 0 unspecified atom stereocenters. The zero-order chi connectivity index (χ0) is 11.8. The second kappa shape index (κ2) is 6.92. The Bertz CT molecular complexity index is 318. The number of nitrogens with two attached hydrogens (primary N) is 2. The number of nitrogen functional groups attached to an aromatic ring is 2. The van der Waals surface area contributed by atoms with Gasteiger partial charge in [-0.25, -0.2) is 0 Å². The summed E-state index contributed by atoms with van der Waals surface area (Å²) in [6, 6.07) is 5.15. The van der Waals surface area contributed by atoms with Gasteiger partial charge >= 0.3 is 0 Å². The minimum atomic E-state index is 0.442. The number of anilines is 2. The van der Waals surface area contributed by atoms with Crippen molar-refractivity contribution in [2.45, 2.75) is 0 Å². The van der Waals surface area contributed by atoms with Crippen LogP contribution in [0, 0.1) is 0 Å². The van der Waals surface area contributed by atoms with Crippen LogP contribution in [0.25, 0.3) is 0 Å². The molecule has 0 aliphatic rings. The summed E-state index contributed by atoms with van der Waals surface area (Å²) in [5, 5.41) is 0. The lowest BCUT2D eigenvalue weighted by molar-refractivity contribution is 0.0545. The Labute approximate surface area is 95.3 Å². The Balaban J connectivity index is 2.23. The van der Waals surface area contributed by atoms with Crippen LogP contribution >= 0.6 is 0 Å². The average molecular weight is 226 g/mol. The van der Waals surface area contributed by atoms with E-state index in [-0.39, 0.29) is 0 Å². The van der Waals surface area contributed by atoms with E-state index in [4.69, 9.17) is 25.7 Å². The van der Waals surface area contributed by atoms with E-state index in [9.17, 15) is 0 Å². The zero-order valence-electron chi connectivity index (χ0n) is 9.44. The minimum absolute atomic E-state index is 0.442. The topological polar surface area (TPSA) is 79.7 Å². The minimum Gasteiger partial charge on any atom is -0.489 e. The van der Waals surface area contributed by atoms with Crippen molar-refractivity contribution < 1.29 is 14.2 Å². The van der Waals surface area contributed by atoms with Gasteiger partial charge in [-0.15, -0.1) is 0 Å². The standard InChI is InChI=1S/C11H18N2O3/c1-14-4-5-15-6-7-16-11-8-9(12)2-3-10(11)13/h2-3,8H,4-7,12-13H2,1H3. The second-order valence-corrected chi connectivity index (χ2v) is 3.25. The van der Waals surface area contributed by atoms with Gasteiger partial charge in [0, 0.05) is 18.9 Å². The molecule has 0 fully saturated rings. The smallest absolute Gasteiger partial charge is 0.144 e. The van der Waals surface area contributed by atoms with Crippen molar-refractivity contribution in [2.75, 3.05) is 45.0 Å². The van der Waals surface area contributed by atoms with Crippen LogP contribution in [0.1, 0.15) is 0 Å². The summed E-state index contributed by atoms with van der Waals surface area (Å²) in [4.78, 5) is 0. The van der Waals surface area contributed by atoms with Gasteiger partial charge in [0.2, 0.25) is 0 Å². The first-order valence-corrected chi connectivity index (χ1v) is 5.08. The van der Waals surface area contributed by atoms with Crippen molar-refractivity contribution in [3.05, 3.63) is 18.2 Å². The number of hydrogen-bond acceptors (Lipinski definition) is 5. The van der Waals surface area contributed by atoms with Gasteiger partial charge < -0.3 is 25.7 Å². The number of rotatable bonds is 7. The molecular formula is C11H18N2O3. The molecule has 16 heavy (non-hydrogen) atoms. The number of benzene rings is 1. The van der Waals surface area contributed by atoms with Gasteiger partial charge in [0.25, 0.3) is 0 Å². The molecule has 0 radical (unpaired) electrons. The van der Waals surface area contributed by atoms with E-state index >= 15 is 0 Å². The van der Waals surface area contributed by atoms with Gasteiger partial charge in [-0.2, -0.15) is 0 Å². The quantitative estimate of drug-likeness (QED) is 0.533. The molecule has 0 saturated heterocycles. The Morgan fingerprint density at radius 3 is 2.56 bits per heavy atom. The molecule has 0 heterocycles. The van der Waals surface area contributed by atoms with E-state index in [0.717, 1.165) is 0 Å². The van der Waals surface area contributed by atoms with E-state index in [1.165, 1.54) is 0 Å². The molecule has 1 aromatic rings. The fourth-order valence-electron chi connectivity index (χ4n) is 1.13. The van der Waals surface area contributed by atoms with Crippen LogP contribution in [-0.2, 0) is 9.47 Å². The van der Waals surface area contributed by atoms with Crippen LogP contribution < -0.4 is 16.2 Å². The predicted octanol–water partition coefficient (Wildman–Crippen LogP) is 0.893. The van der Waals surface area contributed by atoms with Gasteiger partial charge in [0.1, 0.15) is 12.4 Å². The van der Waals surface area contributed by atoms with Crippen LogP contribution in [0.2, 0.25) is 0 Å². The lowest BCUT2D eigenvalue weighted by Crippen LogP contribution is -2.10. The summed E-state index contributed by atoms with van der Waals surface area (Å²) in [5.41, 5.74) is 12.5. The number of hydrogen-bond donors (Lipinski definition) is 2. The summed E-state index contributed by atoms with van der Waals surface area (Å²) in [6.07, 6.45) is 0. The molecular weight excluding hydrogens is 208 g/mol. The average Bonchev–Trinajstić information content (AvgIpc) is 2.28. The summed E-state index contributed by atoms with van der Waals surface area (Å²) >= 11 is 0. The van der Waals surface area contributed by atoms with E-state index in [0.29, 0.717) is 43.6 Å². The number of ether oxygens (including phenoxy) is 3. The molecule has 4 N–H and O–H groups in total. The molecule has 1 rings (SSSR count). The monoisotopic (exact) mass is 226 g/mol. The Morgan fingerprint density at radius 1 is 1.06 bits per heavy atom. The molecule has 5 nitrogen and oxygen atoms in total. The Kier molecular flexibility index (Phi) is 5.45. The van der Waals surface area contributed by atoms with Gasteiger partial charge in [-0.05, 0) is 12.1 Å². The highest BCUT2D eigenvalue weighted by atomic mass is 16.5. The molecule has 1 aromatic carbocycles. The van der Waals surface area contributed by atoms with E-state index in [1.54, 1.807) is 25.3 Å². The normalized spacial score (nSPS) is 10.3. The van der Waals surface area contributed by atoms with E-state index in [1.807, 2.05) is 0 Å². The second-order valence-electron chi connectivity index (χ2n) is 3.25. The predicted molar refractivity (Wildman–Crippen MR) is 63.5 cm³/mol. The van der Waals surface area contributed by atoms with Crippen molar-refractivity contribution in [2.24, 2.45) is 0 Å². The number of methoxy groups -OCH3 is 1. The lowest BCUT2D eigenvalue weighted by Gasteiger charge is -2.09. The van der Waals surface area contributed by atoms with E-state index in [2.05, 4.69) is 0 Å². The summed E-state index contributed by atoms with van der Waals surface area (Å²) < 4.78 is 15.5. The van der Waals surface area contributed by atoms with Gasteiger partial charge in [-0.3, -0.25) is 0 Å². The molecule has 0 aromatic heterocycles. The first-order valence-electron chi connectivity index (χ1n) is 5.08. The van der Waals surface area contributed by atoms with Crippen molar-refractivity contribution >= 4 is 11.4 Å². The SMILES string of the molecule is COCCOCCOc1cc(N)ccc1N. The van der Waals surface area contributed by atoms with Crippen LogP contribution in [0.4, 0.5) is 11.4 Å². The zero-order valence-corrected chi connectivity index (χ0v) is 9.44. The molecule has 5 heteroatoms. The summed E-state index contributed by atoms with van der Waals surface area (Å²) in [7, 11) is 1.63. The molecule has 0 aliphatic carbocycles. The van der Waals surface area contributed by atoms with Gasteiger partial charge in [0.15, 0.2) is 0 Å². The third-order valence-corrected chi connectivity index (χ3v) is 1.95. The summed E-state index contributed by atoms with van der Waals surface area (Å²) in [6.45, 7) is 2.08. The Morgan fingerprint density at radius 2 is 1.81 bits per heavy atom. The summed E-state index contributed by atoms with van der Waals surface area (Å²) in [5.74, 6) is 0.593. The highest BCUT2D eigenvalue weighted by molar-refractivity contribution is 5.59. The highest BCUT2D eigenvalue weighted by Gasteiger charge is 2.00. The highest BCUT2D eigenvalue weighted by Crippen LogP contribution is 2.23. The van der Waals surface area contributed by atoms with Crippen molar-refractivity contribution in [3.63, 3.8) is 0 Å². The first kappa shape index (κ1) is 12.6. The van der Waals surface area contributed by atoms with Gasteiger partial charge in [0.05, 0.1) is 25.5 Å². The van der Waals surface area contributed by atoms with Crippen molar-refractivity contribution in [1.29, 1.82) is 0 Å². The van der Waals surface area contributed by atoms with Gasteiger partial charge in [-0.1, -0.05) is 0 Å². The van der Waals surface area contributed by atoms with Crippen LogP contribution in [0.15, 0.2) is 18.2 Å². The lowest BCUT2D eigenvalue weighted by atomic mass is 10.2. The van der Waals surface area contributed by atoms with Crippen LogP contribution in [0.5, 0.6) is 5.75 Å². The third kappa shape index (κ3) is 4.37. The fraction of sp³-hybridized carbons (Fsp3) is 0.455. The molecule has 0 atom stereocenters. The maximum Gasteiger partial charge on any atom is 0.144 e. The third-order valence-electron chi connectivity index (χ3n) is 1.95. The maximum absolute atomic E-state index is 5.71. The molecule has 0 spiro atoms. The van der Waals surface area contributed by atoms with E-state index < -0.39 is 0 Å². The Hall–Kier alpha value is -1.46. The molecule has 0 bridgehead atoms. The van der Waals surface area contributed by atoms with Crippen LogP contribution in [-0.4, -0.2) is 33.5 Å². The molecule has 90 valence electrons.